The van der Waals surface area contributed by atoms with Crippen LogP contribution in [0.15, 0.2) is 29.2 Å². The van der Waals surface area contributed by atoms with Crippen LogP contribution < -0.4 is 0 Å². The van der Waals surface area contributed by atoms with E-state index < -0.39 is 27.9 Å². The molecule has 26 heavy (non-hydrogen) atoms. The monoisotopic (exact) mass is 380 g/mol. The van der Waals surface area contributed by atoms with Crippen molar-refractivity contribution in [3.8, 4) is 0 Å². The van der Waals surface area contributed by atoms with E-state index in [4.69, 9.17) is 0 Å². The van der Waals surface area contributed by atoms with Gasteiger partial charge in [-0.3, -0.25) is 4.79 Å². The predicted molar refractivity (Wildman–Crippen MR) is 95.4 cm³/mol. The average Bonchev–Trinajstić information content (AvgIpc) is 2.68. The molecule has 0 saturated carbocycles. The third kappa shape index (κ3) is 3.76. The molecule has 8 heteroatoms. The molecule has 0 aromatic heterocycles. The van der Waals surface area contributed by atoms with Crippen molar-refractivity contribution in [1.82, 2.24) is 9.21 Å². The van der Waals surface area contributed by atoms with Gasteiger partial charge in [0.15, 0.2) is 0 Å². The molecular formula is C18H24N2O5S. The number of aliphatic carboxylic acids is 1. The van der Waals surface area contributed by atoms with Gasteiger partial charge in [0.1, 0.15) is 6.04 Å². The molecule has 2 aliphatic heterocycles. The minimum absolute atomic E-state index is 0.0918. The number of benzene rings is 1. The van der Waals surface area contributed by atoms with Crippen LogP contribution >= 0.6 is 0 Å². The average molecular weight is 380 g/mol. The molecule has 1 N–H and O–H groups in total. The Kier molecular flexibility index (Phi) is 5.62. The summed E-state index contributed by atoms with van der Waals surface area (Å²) < 4.78 is 27.1. The van der Waals surface area contributed by atoms with Crippen molar-refractivity contribution in [1.29, 1.82) is 0 Å². The summed E-state index contributed by atoms with van der Waals surface area (Å²) in [6, 6.07) is 5.11. The van der Waals surface area contributed by atoms with Crippen LogP contribution in [0.2, 0.25) is 0 Å². The highest BCUT2D eigenvalue weighted by Gasteiger charge is 2.33. The van der Waals surface area contributed by atoms with Gasteiger partial charge in [-0.15, -0.1) is 0 Å². The number of nitrogens with zero attached hydrogens (tertiary/aromatic N) is 2. The predicted octanol–water partition coefficient (Wildman–Crippen LogP) is 1.94. The Morgan fingerprint density at radius 2 is 1.69 bits per heavy atom. The zero-order valence-corrected chi connectivity index (χ0v) is 15.5. The van der Waals surface area contributed by atoms with Crippen LogP contribution in [0.5, 0.6) is 0 Å². The van der Waals surface area contributed by atoms with E-state index in [2.05, 4.69) is 0 Å². The largest absolute Gasteiger partial charge is 0.480 e. The normalized spacial score (nSPS) is 22.2. The summed E-state index contributed by atoms with van der Waals surface area (Å²) in [4.78, 5) is 25.7. The van der Waals surface area contributed by atoms with Crippen LogP contribution in [-0.2, 0) is 14.8 Å². The molecule has 1 amide bonds. The molecule has 2 saturated heterocycles. The molecule has 0 unspecified atom stereocenters. The molecule has 1 atom stereocenters. The lowest BCUT2D eigenvalue weighted by atomic mass is 10.0. The number of carbonyl (C=O) groups excluding carboxylic acids is 1. The molecule has 7 nitrogen and oxygen atoms in total. The first-order chi connectivity index (χ1) is 12.4. The van der Waals surface area contributed by atoms with Gasteiger partial charge in [-0.25, -0.2) is 13.2 Å². The fourth-order valence-corrected chi connectivity index (χ4v) is 5.20. The molecule has 3 rings (SSSR count). The molecule has 142 valence electrons. The first kappa shape index (κ1) is 18.8. The summed E-state index contributed by atoms with van der Waals surface area (Å²) in [6.07, 6.45) is 4.65. The molecule has 2 heterocycles. The number of hydrogen-bond acceptors (Lipinski definition) is 4. The zero-order chi connectivity index (χ0) is 18.7. The number of carbonyl (C=O) groups is 2. The Bertz CT molecular complexity index is 787. The minimum Gasteiger partial charge on any atom is -0.480 e. The quantitative estimate of drug-likeness (QED) is 0.861. The zero-order valence-electron chi connectivity index (χ0n) is 14.6. The number of amides is 1. The highest BCUT2D eigenvalue weighted by molar-refractivity contribution is 7.89. The van der Waals surface area contributed by atoms with Gasteiger partial charge in [0.25, 0.3) is 5.91 Å². The molecule has 2 aliphatic rings. The van der Waals surface area contributed by atoms with E-state index in [1.54, 1.807) is 12.1 Å². The number of rotatable bonds is 4. The van der Waals surface area contributed by atoms with Gasteiger partial charge in [0, 0.05) is 25.2 Å². The molecule has 0 bridgehead atoms. The van der Waals surface area contributed by atoms with E-state index in [0.717, 1.165) is 32.1 Å². The van der Waals surface area contributed by atoms with Crippen molar-refractivity contribution in [2.75, 3.05) is 19.6 Å². The van der Waals surface area contributed by atoms with E-state index >= 15 is 0 Å². The molecular weight excluding hydrogens is 356 g/mol. The minimum atomic E-state index is -3.63. The van der Waals surface area contributed by atoms with Gasteiger partial charge in [0.05, 0.1) is 4.90 Å². The number of likely N-dealkylation sites (tertiary alicyclic amines) is 1. The number of carboxylic acids is 1. The van der Waals surface area contributed by atoms with Gasteiger partial charge in [0.2, 0.25) is 10.0 Å². The maximum atomic E-state index is 12.8. The van der Waals surface area contributed by atoms with Crippen LogP contribution in [0.3, 0.4) is 0 Å². The van der Waals surface area contributed by atoms with Crippen LogP contribution in [0.25, 0.3) is 0 Å². The van der Waals surface area contributed by atoms with Crippen molar-refractivity contribution in [3.05, 3.63) is 29.8 Å². The highest BCUT2D eigenvalue weighted by Crippen LogP contribution is 2.24. The van der Waals surface area contributed by atoms with E-state index in [-0.39, 0.29) is 10.5 Å². The number of sulfonamides is 1. The smallest absolute Gasteiger partial charge is 0.326 e. The van der Waals surface area contributed by atoms with Crippen LogP contribution in [-0.4, -0.2) is 60.3 Å². The van der Waals surface area contributed by atoms with Crippen molar-refractivity contribution in [2.45, 2.75) is 49.5 Å². The Morgan fingerprint density at radius 1 is 1.00 bits per heavy atom. The second kappa shape index (κ2) is 7.75. The SMILES string of the molecule is O=C(O)[C@H]1CCCCN1C(=O)c1cccc(S(=O)(=O)N2CCCCC2)c1. The number of hydrogen-bond donors (Lipinski definition) is 1. The van der Waals surface area contributed by atoms with E-state index in [0.29, 0.717) is 26.1 Å². The lowest BCUT2D eigenvalue weighted by Crippen LogP contribution is -2.48. The summed E-state index contributed by atoms with van der Waals surface area (Å²) in [5, 5.41) is 9.36. The van der Waals surface area contributed by atoms with Crippen molar-refractivity contribution >= 4 is 21.9 Å². The topological polar surface area (TPSA) is 95.0 Å². The summed E-state index contributed by atoms with van der Waals surface area (Å²) in [6.45, 7) is 1.36. The van der Waals surface area contributed by atoms with Gasteiger partial charge in [-0.2, -0.15) is 4.31 Å². The van der Waals surface area contributed by atoms with E-state index in [9.17, 15) is 23.1 Å². The summed E-state index contributed by atoms with van der Waals surface area (Å²) in [5.41, 5.74) is 0.219. The van der Waals surface area contributed by atoms with E-state index in [1.165, 1.54) is 21.3 Å². The van der Waals surface area contributed by atoms with Crippen molar-refractivity contribution in [2.24, 2.45) is 0 Å². The van der Waals surface area contributed by atoms with Crippen molar-refractivity contribution < 1.29 is 23.1 Å². The lowest BCUT2D eigenvalue weighted by molar-refractivity contribution is -0.143. The standard InChI is InChI=1S/C18H24N2O5S/c21-17(20-12-5-2-9-16(20)18(22)23)14-7-6-8-15(13-14)26(24,25)19-10-3-1-4-11-19/h6-8,13,16H,1-5,9-12H2,(H,22,23)/t16-/m1/s1. The second-order valence-corrected chi connectivity index (χ2v) is 8.78. The number of piperidine rings is 2. The first-order valence-corrected chi connectivity index (χ1v) is 10.5. The molecule has 2 fully saturated rings. The molecule has 1 aromatic rings. The summed E-state index contributed by atoms with van der Waals surface area (Å²) >= 11 is 0. The molecule has 1 aromatic carbocycles. The Morgan fingerprint density at radius 3 is 2.38 bits per heavy atom. The van der Waals surface area contributed by atoms with Crippen LogP contribution in [0.4, 0.5) is 0 Å². The maximum Gasteiger partial charge on any atom is 0.326 e. The van der Waals surface area contributed by atoms with Gasteiger partial charge in [-0.05, 0) is 50.3 Å². The second-order valence-electron chi connectivity index (χ2n) is 6.84. The Labute approximate surface area is 153 Å². The third-order valence-corrected chi connectivity index (χ3v) is 6.98. The first-order valence-electron chi connectivity index (χ1n) is 9.05. The third-order valence-electron chi connectivity index (χ3n) is 5.08. The van der Waals surface area contributed by atoms with E-state index in [1.807, 2.05) is 0 Å². The summed E-state index contributed by atoms with van der Waals surface area (Å²) in [5.74, 6) is -1.44. The number of carboxylic acid groups (broad SMARTS) is 1. The molecule has 0 spiro atoms. The van der Waals surface area contributed by atoms with Crippen LogP contribution in [0.1, 0.15) is 48.9 Å². The fraction of sp³-hybridized carbons (Fsp3) is 0.556. The maximum absolute atomic E-state index is 12.8. The van der Waals surface area contributed by atoms with Crippen molar-refractivity contribution in [3.63, 3.8) is 0 Å². The fourth-order valence-electron chi connectivity index (χ4n) is 3.64. The molecule has 0 radical (unpaired) electrons. The van der Waals surface area contributed by atoms with Crippen LogP contribution in [0, 0.1) is 0 Å². The molecule has 0 aliphatic carbocycles. The highest BCUT2D eigenvalue weighted by atomic mass is 32.2. The van der Waals surface area contributed by atoms with Gasteiger partial charge in [-0.1, -0.05) is 12.5 Å². The summed E-state index contributed by atoms with van der Waals surface area (Å²) in [7, 11) is -3.63. The lowest BCUT2D eigenvalue weighted by Gasteiger charge is -2.33. The Balaban J connectivity index is 1.86. The Hall–Kier alpha value is -1.93. The van der Waals surface area contributed by atoms with Gasteiger partial charge < -0.3 is 10.0 Å². The van der Waals surface area contributed by atoms with Gasteiger partial charge >= 0.3 is 5.97 Å².